The zero-order chi connectivity index (χ0) is 8.39. The average molecular weight is 248 g/mol. The van der Waals surface area contributed by atoms with E-state index >= 15 is 0 Å². The van der Waals surface area contributed by atoms with Gasteiger partial charge in [0.15, 0.2) is 10.6 Å². The summed E-state index contributed by atoms with van der Waals surface area (Å²) >= 11 is 5.28. The van der Waals surface area contributed by atoms with Gasteiger partial charge in [-0.1, -0.05) is 0 Å². The Hall–Kier alpha value is 0.0400. The summed E-state index contributed by atoms with van der Waals surface area (Å²) in [7, 11) is 0. The number of hydrogen-bond donors (Lipinski definition) is 0. The molecule has 1 aromatic rings. The minimum atomic E-state index is 0.553. The summed E-state index contributed by atoms with van der Waals surface area (Å²) < 4.78 is 6.17. The largest absolute Gasteiger partial charge is 0.434 e. The Morgan fingerprint density at radius 3 is 2.83 bits per heavy atom. The van der Waals surface area contributed by atoms with Gasteiger partial charge in [-0.2, -0.15) is 11.8 Å². The van der Waals surface area contributed by atoms with E-state index in [1.165, 1.54) is 24.3 Å². The third kappa shape index (κ3) is 1.85. The maximum Gasteiger partial charge on any atom is 0.198 e. The molecule has 4 heteroatoms. The number of oxazole rings is 1. The van der Waals surface area contributed by atoms with Crippen LogP contribution in [0.3, 0.4) is 0 Å². The lowest BCUT2D eigenvalue weighted by Gasteiger charge is -2.17. The van der Waals surface area contributed by atoms with E-state index in [2.05, 4.69) is 20.9 Å². The highest BCUT2D eigenvalue weighted by Gasteiger charge is 2.19. The van der Waals surface area contributed by atoms with E-state index in [1.807, 2.05) is 11.8 Å². The van der Waals surface area contributed by atoms with E-state index in [-0.39, 0.29) is 0 Å². The zero-order valence-corrected chi connectivity index (χ0v) is 9.03. The Kier molecular flexibility index (Phi) is 2.76. The average Bonchev–Trinajstić information content (AvgIpc) is 2.54. The molecule has 0 N–H and O–H groups in total. The molecule has 1 aromatic heterocycles. The predicted molar refractivity (Wildman–Crippen MR) is 53.5 cm³/mol. The van der Waals surface area contributed by atoms with Gasteiger partial charge in [0.2, 0.25) is 0 Å². The minimum absolute atomic E-state index is 0.553. The van der Waals surface area contributed by atoms with Crippen molar-refractivity contribution in [3.05, 3.63) is 16.8 Å². The van der Waals surface area contributed by atoms with Crippen LogP contribution in [-0.2, 0) is 0 Å². The molecule has 1 fully saturated rings. The van der Waals surface area contributed by atoms with Gasteiger partial charge < -0.3 is 4.42 Å². The number of hydrogen-bond acceptors (Lipinski definition) is 3. The van der Waals surface area contributed by atoms with Gasteiger partial charge in [0, 0.05) is 5.92 Å². The first-order valence-electron chi connectivity index (χ1n) is 4.05. The van der Waals surface area contributed by atoms with Gasteiger partial charge in [0.1, 0.15) is 0 Å². The minimum Gasteiger partial charge on any atom is -0.434 e. The van der Waals surface area contributed by atoms with Crippen LogP contribution in [0.4, 0.5) is 0 Å². The number of nitrogens with zero attached hydrogens (tertiary/aromatic N) is 1. The molecule has 0 unspecified atom stereocenters. The summed E-state index contributed by atoms with van der Waals surface area (Å²) in [5.74, 6) is 3.94. The van der Waals surface area contributed by atoms with Gasteiger partial charge in [0.25, 0.3) is 0 Å². The Morgan fingerprint density at radius 1 is 1.50 bits per heavy atom. The van der Waals surface area contributed by atoms with E-state index < -0.39 is 0 Å². The molecule has 0 aliphatic carbocycles. The molecule has 1 aliphatic heterocycles. The van der Waals surface area contributed by atoms with E-state index in [4.69, 9.17) is 4.42 Å². The third-order valence-electron chi connectivity index (χ3n) is 2.07. The van der Waals surface area contributed by atoms with E-state index in [0.29, 0.717) is 5.92 Å². The van der Waals surface area contributed by atoms with Crippen molar-refractivity contribution >= 4 is 27.7 Å². The highest BCUT2D eigenvalue weighted by atomic mass is 79.9. The standard InChI is InChI=1S/C8H10BrNOS/c9-7-5-10-8(11-7)6-1-3-12-4-2-6/h5-6H,1-4H2. The fourth-order valence-electron chi connectivity index (χ4n) is 1.40. The molecule has 0 bridgehead atoms. The molecular weight excluding hydrogens is 238 g/mol. The number of thioether (sulfide) groups is 1. The number of rotatable bonds is 1. The maximum atomic E-state index is 5.42. The van der Waals surface area contributed by atoms with Gasteiger partial charge in [-0.05, 0) is 40.3 Å². The van der Waals surface area contributed by atoms with Crippen LogP contribution in [0.5, 0.6) is 0 Å². The van der Waals surface area contributed by atoms with Crippen molar-refractivity contribution in [2.75, 3.05) is 11.5 Å². The summed E-state index contributed by atoms with van der Waals surface area (Å²) in [6.07, 6.45) is 4.15. The van der Waals surface area contributed by atoms with E-state index in [9.17, 15) is 0 Å². The number of aromatic nitrogens is 1. The van der Waals surface area contributed by atoms with Crippen molar-refractivity contribution < 1.29 is 4.42 Å². The van der Waals surface area contributed by atoms with Crippen LogP contribution in [0, 0.1) is 0 Å². The Balaban J connectivity index is 2.08. The van der Waals surface area contributed by atoms with Crippen LogP contribution < -0.4 is 0 Å². The van der Waals surface area contributed by atoms with E-state index in [1.54, 1.807) is 6.20 Å². The third-order valence-corrected chi connectivity index (χ3v) is 3.48. The SMILES string of the molecule is Brc1cnc(C2CCSCC2)o1. The molecule has 0 saturated carbocycles. The molecule has 1 saturated heterocycles. The first kappa shape index (κ1) is 8.63. The van der Waals surface area contributed by atoms with Crippen LogP contribution in [0.1, 0.15) is 24.7 Å². The lowest BCUT2D eigenvalue weighted by molar-refractivity contribution is 0.417. The number of halogens is 1. The first-order chi connectivity index (χ1) is 5.86. The molecule has 2 nitrogen and oxygen atoms in total. The highest BCUT2D eigenvalue weighted by Crippen LogP contribution is 2.31. The van der Waals surface area contributed by atoms with Crippen LogP contribution in [0.25, 0.3) is 0 Å². The Labute approximate surface area is 84.3 Å². The molecule has 12 heavy (non-hydrogen) atoms. The lowest BCUT2D eigenvalue weighted by atomic mass is 10.0. The summed E-state index contributed by atoms with van der Waals surface area (Å²) in [5, 5.41) is 0. The van der Waals surface area contributed by atoms with Crippen LogP contribution >= 0.6 is 27.7 Å². The Bertz CT molecular complexity index is 257. The van der Waals surface area contributed by atoms with Gasteiger partial charge >= 0.3 is 0 Å². The second kappa shape index (κ2) is 3.83. The molecule has 2 heterocycles. The lowest BCUT2D eigenvalue weighted by Crippen LogP contribution is -2.07. The molecule has 0 aromatic carbocycles. The topological polar surface area (TPSA) is 26.0 Å². The summed E-state index contributed by atoms with van der Waals surface area (Å²) in [4.78, 5) is 4.22. The van der Waals surface area contributed by atoms with Crippen molar-refractivity contribution in [1.29, 1.82) is 0 Å². The van der Waals surface area contributed by atoms with Crippen molar-refractivity contribution in [2.45, 2.75) is 18.8 Å². The van der Waals surface area contributed by atoms with Crippen LogP contribution in [0.2, 0.25) is 0 Å². The Morgan fingerprint density at radius 2 is 2.25 bits per heavy atom. The first-order valence-corrected chi connectivity index (χ1v) is 6.00. The molecular formula is C8H10BrNOS. The summed E-state index contributed by atoms with van der Waals surface area (Å²) in [6.45, 7) is 0. The van der Waals surface area contributed by atoms with Crippen molar-refractivity contribution in [1.82, 2.24) is 4.98 Å². The van der Waals surface area contributed by atoms with Crippen LogP contribution in [-0.4, -0.2) is 16.5 Å². The highest BCUT2D eigenvalue weighted by molar-refractivity contribution is 9.10. The molecule has 1 aliphatic rings. The molecule has 0 spiro atoms. The predicted octanol–water partition coefficient (Wildman–Crippen LogP) is 3.05. The van der Waals surface area contributed by atoms with Gasteiger partial charge in [-0.15, -0.1) is 0 Å². The van der Waals surface area contributed by atoms with E-state index in [0.717, 1.165) is 10.6 Å². The fourth-order valence-corrected chi connectivity index (χ4v) is 2.77. The van der Waals surface area contributed by atoms with Gasteiger partial charge in [-0.3, -0.25) is 0 Å². The summed E-state index contributed by atoms with van der Waals surface area (Å²) in [6, 6.07) is 0. The molecule has 66 valence electrons. The molecule has 2 rings (SSSR count). The fraction of sp³-hybridized carbons (Fsp3) is 0.625. The zero-order valence-electron chi connectivity index (χ0n) is 6.62. The van der Waals surface area contributed by atoms with Gasteiger partial charge in [-0.25, -0.2) is 4.98 Å². The second-order valence-electron chi connectivity index (χ2n) is 2.89. The van der Waals surface area contributed by atoms with Crippen molar-refractivity contribution in [2.24, 2.45) is 0 Å². The normalized spacial score (nSPS) is 19.8. The molecule has 0 atom stereocenters. The van der Waals surface area contributed by atoms with Crippen LogP contribution in [0.15, 0.2) is 15.3 Å². The van der Waals surface area contributed by atoms with Crippen molar-refractivity contribution in [3.63, 3.8) is 0 Å². The monoisotopic (exact) mass is 247 g/mol. The molecule has 0 amide bonds. The maximum absolute atomic E-state index is 5.42. The smallest absolute Gasteiger partial charge is 0.198 e. The quantitative estimate of drug-likeness (QED) is 0.764. The van der Waals surface area contributed by atoms with Gasteiger partial charge in [0.05, 0.1) is 6.20 Å². The van der Waals surface area contributed by atoms with Crippen molar-refractivity contribution in [3.8, 4) is 0 Å². The summed E-state index contributed by atoms with van der Waals surface area (Å²) in [5.41, 5.74) is 0. The molecule has 0 radical (unpaired) electrons. The second-order valence-corrected chi connectivity index (χ2v) is 4.90.